The molecule has 1 aromatic carbocycles. The number of nitrogens with zero attached hydrogens (tertiary/aromatic N) is 1. The summed E-state index contributed by atoms with van der Waals surface area (Å²) in [6.45, 7) is 2.88. The van der Waals surface area contributed by atoms with Gasteiger partial charge in [-0.2, -0.15) is 0 Å². The van der Waals surface area contributed by atoms with Gasteiger partial charge in [0.25, 0.3) is 0 Å². The molecule has 0 saturated heterocycles. The van der Waals surface area contributed by atoms with Gasteiger partial charge in [-0.3, -0.25) is 0 Å². The molecule has 0 amide bonds. The molecule has 0 spiro atoms. The van der Waals surface area contributed by atoms with E-state index in [4.69, 9.17) is 21.6 Å². The van der Waals surface area contributed by atoms with Gasteiger partial charge in [0.1, 0.15) is 0 Å². The van der Waals surface area contributed by atoms with Crippen molar-refractivity contribution in [1.82, 2.24) is 5.32 Å². The molecule has 1 aromatic rings. The third-order valence-electron chi connectivity index (χ3n) is 2.54. The standard InChI is InChI=1S/C15H21N3O2/c1-3-13-4-6-14(7-5-13)12-18-15(16)17-8-9-20-11-10-19-2/h1,4-7H,8-12H2,2H3,(H3,16,17,18). The maximum atomic E-state index is 5.74. The maximum absolute atomic E-state index is 5.74. The van der Waals surface area contributed by atoms with Crippen LogP contribution < -0.4 is 11.1 Å². The highest BCUT2D eigenvalue weighted by Crippen LogP contribution is 2.04. The first kappa shape index (κ1) is 16.0. The van der Waals surface area contributed by atoms with Crippen molar-refractivity contribution < 1.29 is 9.47 Å². The number of methoxy groups -OCH3 is 1. The molecule has 3 N–H and O–H groups in total. The molecule has 0 bridgehead atoms. The Kier molecular flexibility index (Phi) is 7.89. The monoisotopic (exact) mass is 275 g/mol. The molecule has 0 atom stereocenters. The SMILES string of the molecule is C#Cc1ccc(CN=C(N)NCCOCCOC)cc1. The Morgan fingerprint density at radius 2 is 2.05 bits per heavy atom. The second-order valence-corrected chi connectivity index (χ2v) is 4.07. The van der Waals surface area contributed by atoms with Crippen LogP contribution in [0.4, 0.5) is 0 Å². The number of guanidine groups is 1. The number of nitrogens with two attached hydrogens (primary N) is 1. The molecule has 20 heavy (non-hydrogen) atoms. The summed E-state index contributed by atoms with van der Waals surface area (Å²) >= 11 is 0. The summed E-state index contributed by atoms with van der Waals surface area (Å²) in [4.78, 5) is 4.24. The van der Waals surface area contributed by atoms with E-state index >= 15 is 0 Å². The second kappa shape index (κ2) is 9.84. The minimum atomic E-state index is 0.404. The molecular weight excluding hydrogens is 254 g/mol. The third kappa shape index (κ3) is 6.78. The van der Waals surface area contributed by atoms with Gasteiger partial charge in [-0.25, -0.2) is 4.99 Å². The predicted octanol–water partition coefficient (Wildman–Crippen LogP) is 0.735. The molecule has 108 valence electrons. The van der Waals surface area contributed by atoms with E-state index in [1.165, 1.54) is 0 Å². The lowest BCUT2D eigenvalue weighted by Gasteiger charge is -2.06. The highest BCUT2D eigenvalue weighted by molar-refractivity contribution is 5.77. The van der Waals surface area contributed by atoms with Crippen LogP contribution in [0.1, 0.15) is 11.1 Å². The molecule has 5 heteroatoms. The fourth-order valence-electron chi connectivity index (χ4n) is 1.43. The lowest BCUT2D eigenvalue weighted by Crippen LogP contribution is -2.34. The summed E-state index contributed by atoms with van der Waals surface area (Å²) in [6, 6.07) is 7.66. The molecule has 0 aromatic heterocycles. The Morgan fingerprint density at radius 3 is 2.70 bits per heavy atom. The number of ether oxygens (including phenoxy) is 2. The van der Waals surface area contributed by atoms with Gasteiger partial charge in [0.05, 0.1) is 26.4 Å². The third-order valence-corrected chi connectivity index (χ3v) is 2.54. The molecule has 0 fully saturated rings. The Bertz CT molecular complexity index is 449. The number of hydrogen-bond acceptors (Lipinski definition) is 3. The van der Waals surface area contributed by atoms with E-state index < -0.39 is 0 Å². The van der Waals surface area contributed by atoms with Gasteiger partial charge in [0.2, 0.25) is 0 Å². The van der Waals surface area contributed by atoms with Gasteiger partial charge in [0.15, 0.2) is 5.96 Å². The van der Waals surface area contributed by atoms with Gasteiger partial charge in [-0.05, 0) is 17.7 Å². The number of terminal acetylenes is 1. The number of nitrogens with one attached hydrogen (secondary N) is 1. The van der Waals surface area contributed by atoms with Crippen LogP contribution in [0.25, 0.3) is 0 Å². The van der Waals surface area contributed by atoms with E-state index in [9.17, 15) is 0 Å². The molecule has 0 saturated carbocycles. The van der Waals surface area contributed by atoms with Crippen LogP contribution in [0.5, 0.6) is 0 Å². The average molecular weight is 275 g/mol. The summed E-state index contributed by atoms with van der Waals surface area (Å²) < 4.78 is 10.2. The first-order chi connectivity index (χ1) is 9.76. The van der Waals surface area contributed by atoms with Crippen molar-refractivity contribution in [3.05, 3.63) is 35.4 Å². The van der Waals surface area contributed by atoms with Crippen molar-refractivity contribution in [2.24, 2.45) is 10.7 Å². The predicted molar refractivity (Wildman–Crippen MR) is 80.4 cm³/mol. The van der Waals surface area contributed by atoms with Crippen molar-refractivity contribution in [1.29, 1.82) is 0 Å². The summed E-state index contributed by atoms with van der Waals surface area (Å²) in [5, 5.41) is 2.98. The molecule has 5 nitrogen and oxygen atoms in total. The van der Waals surface area contributed by atoms with Gasteiger partial charge in [-0.15, -0.1) is 6.42 Å². The van der Waals surface area contributed by atoms with Crippen LogP contribution in [-0.4, -0.2) is 39.4 Å². The van der Waals surface area contributed by atoms with Crippen LogP contribution in [-0.2, 0) is 16.0 Å². The zero-order chi connectivity index (χ0) is 14.6. The zero-order valence-corrected chi connectivity index (χ0v) is 11.8. The highest BCUT2D eigenvalue weighted by Gasteiger charge is 1.94. The van der Waals surface area contributed by atoms with Crippen molar-refractivity contribution in [2.75, 3.05) is 33.5 Å². The van der Waals surface area contributed by atoms with Crippen LogP contribution >= 0.6 is 0 Å². The second-order valence-electron chi connectivity index (χ2n) is 4.07. The Hall–Kier alpha value is -2.03. The van der Waals surface area contributed by atoms with Crippen molar-refractivity contribution >= 4 is 5.96 Å². The number of hydrogen-bond donors (Lipinski definition) is 2. The molecule has 0 unspecified atom stereocenters. The average Bonchev–Trinajstić information content (AvgIpc) is 2.49. The van der Waals surface area contributed by atoms with Crippen molar-refractivity contribution in [3.8, 4) is 12.3 Å². The Balaban J connectivity index is 2.22. The molecule has 0 heterocycles. The van der Waals surface area contributed by atoms with Gasteiger partial charge >= 0.3 is 0 Å². The van der Waals surface area contributed by atoms with Crippen LogP contribution in [0.2, 0.25) is 0 Å². The normalized spacial score (nSPS) is 11.1. The quantitative estimate of drug-likeness (QED) is 0.318. The van der Waals surface area contributed by atoms with E-state index in [1.807, 2.05) is 24.3 Å². The van der Waals surface area contributed by atoms with Gasteiger partial charge in [-0.1, -0.05) is 18.1 Å². The van der Waals surface area contributed by atoms with E-state index in [1.54, 1.807) is 7.11 Å². The zero-order valence-electron chi connectivity index (χ0n) is 11.8. The first-order valence-electron chi connectivity index (χ1n) is 6.42. The Labute approximate surface area is 120 Å². The van der Waals surface area contributed by atoms with E-state index in [0.717, 1.165) is 11.1 Å². The molecule has 0 aliphatic rings. The lowest BCUT2D eigenvalue weighted by atomic mass is 10.1. The topological polar surface area (TPSA) is 68.9 Å². The van der Waals surface area contributed by atoms with Crippen LogP contribution in [0, 0.1) is 12.3 Å². The minimum absolute atomic E-state index is 0.404. The fourth-order valence-corrected chi connectivity index (χ4v) is 1.43. The summed E-state index contributed by atoms with van der Waals surface area (Å²) in [5.41, 5.74) is 7.66. The fraction of sp³-hybridized carbons (Fsp3) is 0.400. The molecule has 0 aliphatic heterocycles. The van der Waals surface area contributed by atoms with Crippen molar-refractivity contribution in [3.63, 3.8) is 0 Å². The van der Waals surface area contributed by atoms with E-state index in [-0.39, 0.29) is 0 Å². The summed E-state index contributed by atoms with van der Waals surface area (Å²) in [5.74, 6) is 2.98. The summed E-state index contributed by atoms with van der Waals surface area (Å²) in [7, 11) is 1.64. The van der Waals surface area contributed by atoms with E-state index in [2.05, 4.69) is 16.2 Å². The summed E-state index contributed by atoms with van der Waals surface area (Å²) in [6.07, 6.45) is 5.29. The largest absolute Gasteiger partial charge is 0.382 e. The number of aliphatic imine (C=N–C) groups is 1. The smallest absolute Gasteiger partial charge is 0.188 e. The molecule has 0 aliphatic carbocycles. The molecule has 0 radical (unpaired) electrons. The highest BCUT2D eigenvalue weighted by atomic mass is 16.5. The number of benzene rings is 1. The van der Waals surface area contributed by atoms with Crippen LogP contribution in [0.15, 0.2) is 29.3 Å². The van der Waals surface area contributed by atoms with Gasteiger partial charge in [0, 0.05) is 19.2 Å². The molecule has 1 rings (SSSR count). The first-order valence-corrected chi connectivity index (χ1v) is 6.42. The lowest BCUT2D eigenvalue weighted by molar-refractivity contribution is 0.0734. The van der Waals surface area contributed by atoms with Crippen molar-refractivity contribution in [2.45, 2.75) is 6.54 Å². The van der Waals surface area contributed by atoms with Crippen LogP contribution in [0.3, 0.4) is 0 Å². The Morgan fingerprint density at radius 1 is 1.30 bits per heavy atom. The number of rotatable bonds is 8. The van der Waals surface area contributed by atoms with Gasteiger partial charge < -0.3 is 20.5 Å². The maximum Gasteiger partial charge on any atom is 0.188 e. The minimum Gasteiger partial charge on any atom is -0.382 e. The van der Waals surface area contributed by atoms with E-state index in [0.29, 0.717) is 38.9 Å². The molecular formula is C15H21N3O2.